The standard InChI is InChI=1S/C21H25N5O2/c1-15-22-21-23-18(12-20(28)26(21)24-15)14-25-11-5-8-17(13-25)19(27)10-9-16-6-3-2-4-7-16/h2-4,6-7,12,17H,5,8-11,13-14H2,1H3,(H,22,23,24)/t17-/m0/s1. The minimum atomic E-state index is -0.159. The van der Waals surface area contributed by atoms with Crippen LogP contribution in [0.15, 0.2) is 41.2 Å². The largest absolute Gasteiger partial charge is 0.299 e. The van der Waals surface area contributed by atoms with Crippen LogP contribution in [-0.4, -0.2) is 43.4 Å². The van der Waals surface area contributed by atoms with Crippen LogP contribution in [0.5, 0.6) is 0 Å². The van der Waals surface area contributed by atoms with Gasteiger partial charge in [-0.15, -0.1) is 0 Å². The number of nitrogens with zero attached hydrogens (tertiary/aromatic N) is 4. The molecule has 146 valence electrons. The van der Waals surface area contributed by atoms with Crippen molar-refractivity contribution < 1.29 is 4.79 Å². The van der Waals surface area contributed by atoms with Crippen molar-refractivity contribution in [2.75, 3.05) is 13.1 Å². The number of benzene rings is 1. The van der Waals surface area contributed by atoms with Crippen molar-refractivity contribution in [1.29, 1.82) is 0 Å². The van der Waals surface area contributed by atoms with Gasteiger partial charge in [-0.25, -0.2) is 4.98 Å². The first-order valence-corrected chi connectivity index (χ1v) is 9.83. The zero-order chi connectivity index (χ0) is 19.5. The van der Waals surface area contributed by atoms with Crippen molar-refractivity contribution in [3.63, 3.8) is 0 Å². The Kier molecular flexibility index (Phi) is 5.34. The minimum absolute atomic E-state index is 0.0647. The van der Waals surface area contributed by atoms with Crippen LogP contribution in [0.4, 0.5) is 0 Å². The first-order chi connectivity index (χ1) is 13.6. The fraction of sp³-hybridized carbons (Fsp3) is 0.429. The van der Waals surface area contributed by atoms with E-state index in [2.05, 4.69) is 32.1 Å². The van der Waals surface area contributed by atoms with Crippen molar-refractivity contribution in [1.82, 2.24) is 24.5 Å². The summed E-state index contributed by atoms with van der Waals surface area (Å²) in [6.45, 7) is 4.02. The van der Waals surface area contributed by atoms with Gasteiger partial charge in [-0.1, -0.05) is 30.3 Å². The molecule has 1 aliphatic rings. The van der Waals surface area contributed by atoms with E-state index in [4.69, 9.17) is 0 Å². The lowest BCUT2D eigenvalue weighted by Crippen LogP contribution is -2.38. The molecule has 1 aromatic carbocycles. The molecule has 7 nitrogen and oxygen atoms in total. The Morgan fingerprint density at radius 2 is 2.07 bits per heavy atom. The molecule has 0 unspecified atom stereocenters. The van der Waals surface area contributed by atoms with Crippen LogP contribution in [0.2, 0.25) is 0 Å². The number of aryl methyl sites for hydroxylation is 2. The Labute approximate surface area is 163 Å². The first kappa shape index (κ1) is 18.6. The Bertz CT molecular complexity index is 1020. The predicted molar refractivity (Wildman–Crippen MR) is 106 cm³/mol. The number of carbonyl (C=O) groups is 1. The van der Waals surface area contributed by atoms with Crippen molar-refractivity contribution >= 4 is 11.6 Å². The second-order valence-corrected chi connectivity index (χ2v) is 7.56. The normalized spacial score (nSPS) is 17.8. The zero-order valence-corrected chi connectivity index (χ0v) is 16.1. The summed E-state index contributed by atoms with van der Waals surface area (Å²) in [7, 11) is 0. The zero-order valence-electron chi connectivity index (χ0n) is 16.1. The summed E-state index contributed by atoms with van der Waals surface area (Å²) in [5.41, 5.74) is 1.75. The van der Waals surface area contributed by atoms with Crippen LogP contribution in [0, 0.1) is 12.8 Å². The summed E-state index contributed by atoms with van der Waals surface area (Å²) in [6, 6.07) is 11.7. The number of aromatic amines is 1. The number of hydrogen-bond donors (Lipinski definition) is 1. The van der Waals surface area contributed by atoms with E-state index < -0.39 is 0 Å². The van der Waals surface area contributed by atoms with Gasteiger partial charge in [0.25, 0.3) is 11.3 Å². The third-order valence-corrected chi connectivity index (χ3v) is 5.34. The average molecular weight is 379 g/mol. The monoisotopic (exact) mass is 379 g/mol. The Balaban J connectivity index is 1.38. The summed E-state index contributed by atoms with van der Waals surface area (Å²) in [5.74, 6) is 1.45. The molecule has 1 N–H and O–H groups in total. The van der Waals surface area contributed by atoms with Crippen LogP contribution in [-0.2, 0) is 17.8 Å². The van der Waals surface area contributed by atoms with Crippen molar-refractivity contribution in [3.05, 3.63) is 63.8 Å². The second-order valence-electron chi connectivity index (χ2n) is 7.56. The van der Waals surface area contributed by atoms with E-state index in [1.54, 1.807) is 13.0 Å². The number of likely N-dealkylation sites (tertiary alicyclic amines) is 1. The second kappa shape index (κ2) is 8.06. The quantitative estimate of drug-likeness (QED) is 0.709. The molecule has 1 aliphatic heterocycles. The number of fused-ring (bicyclic) bond motifs is 1. The van der Waals surface area contributed by atoms with Gasteiger partial charge in [0.1, 0.15) is 11.6 Å². The number of piperidine rings is 1. The molecule has 0 spiro atoms. The highest BCUT2D eigenvalue weighted by atomic mass is 16.1. The van der Waals surface area contributed by atoms with Crippen LogP contribution >= 0.6 is 0 Å². The molecule has 28 heavy (non-hydrogen) atoms. The van der Waals surface area contributed by atoms with Gasteiger partial charge >= 0.3 is 0 Å². The predicted octanol–water partition coefficient (Wildman–Crippen LogP) is 2.14. The highest BCUT2D eigenvalue weighted by molar-refractivity contribution is 5.81. The lowest BCUT2D eigenvalue weighted by molar-refractivity contribution is -0.124. The first-order valence-electron chi connectivity index (χ1n) is 9.83. The molecule has 1 atom stereocenters. The van der Waals surface area contributed by atoms with Crippen LogP contribution in [0.3, 0.4) is 0 Å². The van der Waals surface area contributed by atoms with Crippen LogP contribution in [0.1, 0.15) is 36.3 Å². The third kappa shape index (κ3) is 4.20. The number of hydrogen-bond acceptors (Lipinski definition) is 5. The molecule has 4 rings (SSSR count). The molecule has 1 fully saturated rings. The van der Waals surface area contributed by atoms with E-state index in [1.165, 1.54) is 10.1 Å². The molecule has 7 heteroatoms. The summed E-state index contributed by atoms with van der Waals surface area (Å²) >= 11 is 0. The molecular formula is C21H25N5O2. The van der Waals surface area contributed by atoms with Gasteiger partial charge in [0.2, 0.25) is 0 Å². The van der Waals surface area contributed by atoms with Crippen molar-refractivity contribution in [2.24, 2.45) is 5.92 Å². The van der Waals surface area contributed by atoms with Gasteiger partial charge < -0.3 is 0 Å². The van der Waals surface area contributed by atoms with Gasteiger partial charge in [-0.05, 0) is 38.3 Å². The molecule has 0 aliphatic carbocycles. The Morgan fingerprint density at radius 1 is 1.25 bits per heavy atom. The molecule has 0 radical (unpaired) electrons. The Hall–Kier alpha value is -2.80. The number of Topliss-reactive ketones (excluding diaryl/α,β-unsaturated/α-hetero) is 1. The van der Waals surface area contributed by atoms with Gasteiger partial charge in [0, 0.05) is 31.5 Å². The topological polar surface area (TPSA) is 83.4 Å². The number of carbonyl (C=O) groups excluding carboxylic acids is 1. The highest BCUT2D eigenvalue weighted by Crippen LogP contribution is 2.21. The van der Waals surface area contributed by atoms with E-state index >= 15 is 0 Å². The van der Waals surface area contributed by atoms with Crippen LogP contribution in [0.25, 0.3) is 5.78 Å². The maximum atomic E-state index is 12.7. The van der Waals surface area contributed by atoms with E-state index in [1.807, 2.05) is 18.2 Å². The van der Waals surface area contributed by atoms with E-state index in [0.717, 1.165) is 32.4 Å². The molecule has 3 heterocycles. The molecular weight excluding hydrogens is 354 g/mol. The number of rotatable bonds is 6. The summed E-state index contributed by atoms with van der Waals surface area (Å²) in [4.78, 5) is 35.9. The fourth-order valence-electron chi connectivity index (χ4n) is 3.92. The van der Waals surface area contributed by atoms with E-state index in [9.17, 15) is 9.59 Å². The SMILES string of the molecule is Cc1nc2nc(CN3CCC[C@H](C(=O)CCc4ccccc4)C3)cc(=O)n2[nH]1. The molecule has 0 bridgehead atoms. The maximum Gasteiger partial charge on any atom is 0.274 e. The van der Waals surface area contributed by atoms with Gasteiger partial charge in [-0.2, -0.15) is 9.50 Å². The lowest BCUT2D eigenvalue weighted by Gasteiger charge is -2.31. The molecule has 0 saturated carbocycles. The smallest absolute Gasteiger partial charge is 0.274 e. The summed E-state index contributed by atoms with van der Waals surface area (Å²) in [6.07, 6.45) is 3.31. The number of nitrogens with one attached hydrogen (secondary N) is 1. The third-order valence-electron chi connectivity index (χ3n) is 5.34. The molecule has 0 amide bonds. The number of H-pyrrole nitrogens is 1. The fourth-order valence-corrected chi connectivity index (χ4v) is 3.92. The van der Waals surface area contributed by atoms with Gasteiger partial charge in [-0.3, -0.25) is 19.6 Å². The van der Waals surface area contributed by atoms with Crippen molar-refractivity contribution in [2.45, 2.75) is 39.2 Å². The number of aromatic nitrogens is 4. The van der Waals surface area contributed by atoms with E-state index in [-0.39, 0.29) is 11.5 Å². The molecule has 1 saturated heterocycles. The summed E-state index contributed by atoms with van der Waals surface area (Å²) in [5, 5.41) is 2.88. The summed E-state index contributed by atoms with van der Waals surface area (Å²) < 4.78 is 1.35. The van der Waals surface area contributed by atoms with Crippen molar-refractivity contribution in [3.8, 4) is 0 Å². The molecule has 2 aromatic heterocycles. The van der Waals surface area contributed by atoms with Gasteiger partial charge in [0.15, 0.2) is 0 Å². The van der Waals surface area contributed by atoms with Gasteiger partial charge in [0.05, 0.1) is 5.69 Å². The Morgan fingerprint density at radius 3 is 2.89 bits per heavy atom. The maximum absolute atomic E-state index is 12.7. The number of ketones is 1. The lowest BCUT2D eigenvalue weighted by atomic mass is 9.90. The average Bonchev–Trinajstić information content (AvgIpc) is 3.08. The molecule has 3 aromatic rings. The minimum Gasteiger partial charge on any atom is -0.299 e. The van der Waals surface area contributed by atoms with E-state index in [0.29, 0.717) is 36.0 Å². The van der Waals surface area contributed by atoms with Crippen LogP contribution < -0.4 is 5.56 Å². The highest BCUT2D eigenvalue weighted by Gasteiger charge is 2.25.